The van der Waals surface area contributed by atoms with Crippen molar-refractivity contribution in [2.75, 3.05) is 23.3 Å². The number of hydrogen-bond donors (Lipinski definition) is 3. The summed E-state index contributed by atoms with van der Waals surface area (Å²) in [6.45, 7) is 1.54. The molecule has 10 heteroatoms. The lowest BCUT2D eigenvalue weighted by Crippen LogP contribution is -2.34. The van der Waals surface area contributed by atoms with E-state index >= 15 is 0 Å². The maximum atomic E-state index is 12.8. The Morgan fingerprint density at radius 3 is 2.61 bits per heavy atom. The number of H-pyrrole nitrogens is 1. The largest absolute Gasteiger partial charge is 0.366 e. The summed E-state index contributed by atoms with van der Waals surface area (Å²) in [5, 5.41) is 17.4. The van der Waals surface area contributed by atoms with Crippen LogP contribution in [0.25, 0.3) is 22.4 Å². The molecule has 1 saturated heterocycles. The summed E-state index contributed by atoms with van der Waals surface area (Å²) in [6.07, 6.45) is 3.12. The van der Waals surface area contributed by atoms with Gasteiger partial charge in [-0.05, 0) is 67.9 Å². The molecule has 0 unspecified atom stereocenters. The van der Waals surface area contributed by atoms with Crippen molar-refractivity contribution in [3.63, 3.8) is 0 Å². The molecular formula is C26H24N6O3S. The topological polar surface area (TPSA) is 116 Å². The number of carbonyl (C=O) groups is 1. The molecule has 0 spiro atoms. The highest BCUT2D eigenvalue weighted by Crippen LogP contribution is 2.31. The number of fused-ring (bicyclic) bond motifs is 1. The van der Waals surface area contributed by atoms with Crippen LogP contribution >= 0.6 is 12.2 Å². The van der Waals surface area contributed by atoms with Gasteiger partial charge in [0.1, 0.15) is 11.5 Å². The van der Waals surface area contributed by atoms with E-state index in [0.29, 0.717) is 11.4 Å². The van der Waals surface area contributed by atoms with Crippen LogP contribution in [0.1, 0.15) is 29.6 Å². The molecule has 4 aromatic rings. The van der Waals surface area contributed by atoms with E-state index in [-0.39, 0.29) is 16.4 Å². The van der Waals surface area contributed by atoms with Gasteiger partial charge in [-0.25, -0.2) is 4.98 Å². The summed E-state index contributed by atoms with van der Waals surface area (Å²) in [6, 6.07) is 19.8. The first-order valence-corrected chi connectivity index (χ1v) is 12.1. The number of nitrogens with zero attached hydrogens (tertiary/aromatic N) is 3. The lowest BCUT2D eigenvalue weighted by atomic mass is 10.1. The van der Waals surface area contributed by atoms with Crippen molar-refractivity contribution < 1.29 is 9.72 Å². The van der Waals surface area contributed by atoms with Gasteiger partial charge in [-0.1, -0.05) is 24.3 Å². The number of nitrogens with one attached hydrogen (secondary N) is 3. The van der Waals surface area contributed by atoms with Gasteiger partial charge in [-0.15, -0.1) is 0 Å². The van der Waals surface area contributed by atoms with Crippen LogP contribution in [0, 0.1) is 10.1 Å². The van der Waals surface area contributed by atoms with E-state index in [1.807, 2.05) is 53.4 Å². The summed E-state index contributed by atoms with van der Waals surface area (Å²) in [4.78, 5) is 34.0. The quantitative estimate of drug-likeness (QED) is 0.195. The summed E-state index contributed by atoms with van der Waals surface area (Å²) in [7, 11) is 0. The van der Waals surface area contributed by atoms with Gasteiger partial charge in [0.25, 0.3) is 11.6 Å². The third-order valence-corrected chi connectivity index (χ3v) is 6.35. The number of rotatable bonds is 5. The standard InChI is InChI=1S/C26H24N6O3S/c33-25(18-11-12-22(23(16-18)32(34)35)31-13-4-1-5-14-31)30-26(36)27-19-8-6-7-17(15-19)24-28-20-9-2-3-10-21(20)29-24/h2-3,6-12,15-16H,1,4-5,13-14H2,(H,28,29)(H2,27,30,33,36). The van der Waals surface area contributed by atoms with E-state index in [4.69, 9.17) is 12.2 Å². The van der Waals surface area contributed by atoms with Gasteiger partial charge < -0.3 is 15.2 Å². The smallest absolute Gasteiger partial charge is 0.293 e. The van der Waals surface area contributed by atoms with Crippen molar-refractivity contribution in [1.82, 2.24) is 15.3 Å². The van der Waals surface area contributed by atoms with Gasteiger partial charge in [-0.2, -0.15) is 0 Å². The number of carbonyl (C=O) groups excluding carboxylic acids is 1. The molecule has 1 amide bonds. The van der Waals surface area contributed by atoms with Crippen molar-refractivity contribution in [2.24, 2.45) is 0 Å². The van der Waals surface area contributed by atoms with E-state index in [1.165, 1.54) is 6.07 Å². The van der Waals surface area contributed by atoms with Crippen molar-refractivity contribution in [3.8, 4) is 11.4 Å². The molecule has 1 aliphatic rings. The Hall–Kier alpha value is -4.31. The second kappa shape index (κ2) is 10.1. The zero-order valence-electron chi connectivity index (χ0n) is 19.4. The first-order valence-electron chi connectivity index (χ1n) is 11.7. The van der Waals surface area contributed by atoms with Crippen LogP contribution in [0.5, 0.6) is 0 Å². The third-order valence-electron chi connectivity index (χ3n) is 6.14. The van der Waals surface area contributed by atoms with Gasteiger partial charge in [-0.3, -0.25) is 20.2 Å². The number of aromatic nitrogens is 2. The lowest BCUT2D eigenvalue weighted by Gasteiger charge is -2.28. The molecule has 0 aliphatic carbocycles. The van der Waals surface area contributed by atoms with Crippen LogP contribution in [-0.4, -0.2) is 39.0 Å². The van der Waals surface area contributed by atoms with Crippen molar-refractivity contribution >= 4 is 51.3 Å². The van der Waals surface area contributed by atoms with Gasteiger partial charge in [0, 0.05) is 36.0 Å². The minimum Gasteiger partial charge on any atom is -0.366 e. The molecule has 0 saturated carbocycles. The molecule has 0 atom stereocenters. The molecule has 0 radical (unpaired) electrons. The van der Waals surface area contributed by atoms with Crippen molar-refractivity contribution in [1.29, 1.82) is 0 Å². The number of aromatic amines is 1. The first-order chi connectivity index (χ1) is 17.5. The molecular weight excluding hydrogens is 476 g/mol. The monoisotopic (exact) mass is 500 g/mol. The molecule has 36 heavy (non-hydrogen) atoms. The Labute approximate surface area is 212 Å². The van der Waals surface area contributed by atoms with Crippen LogP contribution in [0.15, 0.2) is 66.7 Å². The van der Waals surface area contributed by atoms with E-state index in [2.05, 4.69) is 20.6 Å². The highest BCUT2D eigenvalue weighted by Gasteiger charge is 2.23. The number of nitro groups is 1. The molecule has 182 valence electrons. The van der Waals surface area contributed by atoms with Gasteiger partial charge in [0.15, 0.2) is 5.11 Å². The van der Waals surface area contributed by atoms with Gasteiger partial charge in [0.05, 0.1) is 16.0 Å². The maximum absolute atomic E-state index is 12.8. The first kappa shape index (κ1) is 23.4. The molecule has 3 N–H and O–H groups in total. The van der Waals surface area contributed by atoms with E-state index in [9.17, 15) is 14.9 Å². The van der Waals surface area contributed by atoms with Crippen LogP contribution in [-0.2, 0) is 0 Å². The fraction of sp³-hybridized carbons (Fsp3) is 0.192. The average molecular weight is 501 g/mol. The maximum Gasteiger partial charge on any atom is 0.293 e. The lowest BCUT2D eigenvalue weighted by molar-refractivity contribution is -0.384. The predicted octanol–water partition coefficient (Wildman–Crippen LogP) is 5.26. The zero-order valence-corrected chi connectivity index (χ0v) is 20.2. The van der Waals surface area contributed by atoms with Crippen LogP contribution in [0.2, 0.25) is 0 Å². The van der Waals surface area contributed by atoms with Crippen LogP contribution in [0.3, 0.4) is 0 Å². The number of benzene rings is 3. The highest BCUT2D eigenvalue weighted by molar-refractivity contribution is 7.80. The van der Waals surface area contributed by atoms with Gasteiger partial charge in [0.2, 0.25) is 0 Å². The zero-order chi connectivity index (χ0) is 25.1. The normalized spacial score (nSPS) is 13.4. The fourth-order valence-electron chi connectivity index (χ4n) is 4.38. The van der Waals surface area contributed by atoms with Crippen LogP contribution < -0.4 is 15.5 Å². The number of imidazole rings is 1. The van der Waals surface area contributed by atoms with E-state index < -0.39 is 10.8 Å². The Morgan fingerprint density at radius 2 is 1.83 bits per heavy atom. The predicted molar refractivity (Wildman–Crippen MR) is 144 cm³/mol. The molecule has 3 aromatic carbocycles. The Kier molecular flexibility index (Phi) is 6.59. The number of anilines is 2. The second-order valence-electron chi connectivity index (χ2n) is 8.60. The van der Waals surface area contributed by atoms with Gasteiger partial charge >= 0.3 is 0 Å². The third kappa shape index (κ3) is 5.03. The Morgan fingerprint density at radius 1 is 1.03 bits per heavy atom. The number of nitro benzene ring substituents is 1. The summed E-state index contributed by atoms with van der Waals surface area (Å²) < 4.78 is 0. The number of amides is 1. The number of para-hydroxylation sites is 2. The summed E-state index contributed by atoms with van der Waals surface area (Å²) >= 11 is 5.33. The van der Waals surface area contributed by atoms with Crippen LogP contribution in [0.4, 0.5) is 17.1 Å². The Bertz CT molecular complexity index is 1430. The van der Waals surface area contributed by atoms with Crippen molar-refractivity contribution in [3.05, 3.63) is 82.4 Å². The average Bonchev–Trinajstić information content (AvgIpc) is 3.33. The van der Waals surface area contributed by atoms with E-state index in [1.54, 1.807) is 12.1 Å². The molecule has 9 nitrogen and oxygen atoms in total. The fourth-order valence-corrected chi connectivity index (χ4v) is 4.60. The number of thiocarbonyl (C=S) groups is 1. The number of hydrogen-bond acceptors (Lipinski definition) is 6. The molecule has 5 rings (SSSR count). The van der Waals surface area contributed by atoms with Crippen molar-refractivity contribution in [2.45, 2.75) is 19.3 Å². The SMILES string of the molecule is O=C(NC(=S)Nc1cccc(-c2nc3ccccc3[nH]2)c1)c1ccc(N2CCCCC2)c([N+](=O)[O-])c1. The highest BCUT2D eigenvalue weighted by atomic mass is 32.1. The summed E-state index contributed by atoms with van der Waals surface area (Å²) in [5.74, 6) is 0.199. The number of piperidine rings is 1. The molecule has 1 aromatic heterocycles. The Balaban J connectivity index is 1.28. The second-order valence-corrected chi connectivity index (χ2v) is 9.01. The minimum atomic E-state index is -0.519. The minimum absolute atomic E-state index is 0.0815. The summed E-state index contributed by atoms with van der Waals surface area (Å²) in [5.41, 5.74) is 3.96. The molecule has 1 aliphatic heterocycles. The molecule has 0 bridgehead atoms. The molecule has 1 fully saturated rings. The molecule has 2 heterocycles. The van der Waals surface area contributed by atoms with E-state index in [0.717, 1.165) is 54.8 Å².